The van der Waals surface area contributed by atoms with Gasteiger partial charge in [-0.3, -0.25) is 4.79 Å². The number of benzene rings is 1. The predicted molar refractivity (Wildman–Crippen MR) is 128 cm³/mol. The molecule has 0 saturated heterocycles. The molecule has 178 valence electrons. The van der Waals surface area contributed by atoms with Crippen molar-refractivity contribution < 1.29 is 19.5 Å². The van der Waals surface area contributed by atoms with E-state index in [2.05, 4.69) is 24.2 Å². The van der Waals surface area contributed by atoms with E-state index in [1.807, 2.05) is 19.2 Å². The minimum absolute atomic E-state index is 0.0275. The highest BCUT2D eigenvalue weighted by Crippen LogP contribution is 2.67. The Hall–Kier alpha value is -1.98. The maximum atomic E-state index is 12.3. The highest BCUT2D eigenvalue weighted by atomic mass is 16.5. The maximum absolute atomic E-state index is 12.3. The molecular formula is C28H37NO4. The van der Waals surface area contributed by atoms with Crippen molar-refractivity contribution in [1.29, 1.82) is 0 Å². The van der Waals surface area contributed by atoms with Crippen LogP contribution in [0.2, 0.25) is 0 Å². The molecular weight excluding hydrogens is 414 g/mol. The molecule has 33 heavy (non-hydrogen) atoms. The van der Waals surface area contributed by atoms with Gasteiger partial charge >= 0.3 is 0 Å². The van der Waals surface area contributed by atoms with Crippen molar-refractivity contribution in [2.45, 2.75) is 69.8 Å². The van der Waals surface area contributed by atoms with Crippen LogP contribution in [0.1, 0.15) is 75.3 Å². The average molecular weight is 452 g/mol. The molecule has 1 unspecified atom stereocenters. The lowest BCUT2D eigenvalue weighted by Crippen LogP contribution is -2.55. The number of carbonyl (C=O) groups excluding carboxylic acids is 1. The highest BCUT2D eigenvalue weighted by Gasteiger charge is 2.64. The Bertz CT molecular complexity index is 967. The van der Waals surface area contributed by atoms with Gasteiger partial charge in [0.15, 0.2) is 0 Å². The summed E-state index contributed by atoms with van der Waals surface area (Å²) in [4.78, 5) is 12.3. The second-order valence-corrected chi connectivity index (χ2v) is 11.0. The van der Waals surface area contributed by atoms with E-state index in [1.54, 1.807) is 18.3 Å². The Labute approximate surface area is 197 Å². The maximum Gasteiger partial charge on any atom is 0.133 e. The van der Waals surface area contributed by atoms with Gasteiger partial charge in [-0.1, -0.05) is 47.5 Å². The number of carbonyl (C=O) groups is 1. The molecule has 5 heteroatoms. The van der Waals surface area contributed by atoms with Gasteiger partial charge in [-0.15, -0.1) is 0 Å². The fourth-order valence-electron chi connectivity index (χ4n) is 8.20. The van der Waals surface area contributed by atoms with Gasteiger partial charge in [0.1, 0.15) is 5.78 Å². The molecule has 0 spiro atoms. The highest BCUT2D eigenvalue weighted by molar-refractivity contribution is 5.81. The molecule has 0 aliphatic heterocycles. The first-order valence-electron chi connectivity index (χ1n) is 12.5. The number of Topliss-reactive ketones (excluding diaryl/α,β-unsaturated/α-hetero) is 1. The van der Waals surface area contributed by atoms with Crippen molar-refractivity contribution in [3.63, 3.8) is 0 Å². The molecule has 0 radical (unpaired) electrons. The lowest BCUT2D eigenvalue weighted by atomic mass is 9.50. The summed E-state index contributed by atoms with van der Waals surface area (Å²) in [5.74, 6) is 2.35. The largest absolute Gasteiger partial charge is 0.411 e. The Kier molecular flexibility index (Phi) is 5.98. The number of ketones is 1. The van der Waals surface area contributed by atoms with Crippen molar-refractivity contribution in [1.82, 2.24) is 0 Å². The van der Waals surface area contributed by atoms with Crippen LogP contribution in [0.25, 0.3) is 0 Å². The fraction of sp³-hybridized carbons (Fsp3) is 0.643. The molecule has 0 aromatic heterocycles. The minimum atomic E-state index is -0.260. The summed E-state index contributed by atoms with van der Waals surface area (Å²) >= 11 is 0. The van der Waals surface area contributed by atoms with Gasteiger partial charge in [0.25, 0.3) is 0 Å². The summed E-state index contributed by atoms with van der Waals surface area (Å²) in [6, 6.07) is 8.49. The van der Waals surface area contributed by atoms with Crippen molar-refractivity contribution in [2.75, 3.05) is 20.8 Å². The average Bonchev–Trinajstić information content (AvgIpc) is 3.11. The Morgan fingerprint density at radius 2 is 1.94 bits per heavy atom. The van der Waals surface area contributed by atoms with Crippen LogP contribution in [-0.2, 0) is 14.3 Å². The first-order chi connectivity index (χ1) is 16.0. The van der Waals surface area contributed by atoms with E-state index in [0.717, 1.165) is 37.7 Å². The van der Waals surface area contributed by atoms with E-state index >= 15 is 0 Å². The zero-order valence-electron chi connectivity index (χ0n) is 20.2. The van der Waals surface area contributed by atoms with Crippen molar-refractivity contribution in [3.05, 3.63) is 46.5 Å². The third-order valence-electron chi connectivity index (χ3n) is 9.76. The molecule has 0 amide bonds. The topological polar surface area (TPSA) is 68.1 Å². The van der Waals surface area contributed by atoms with Gasteiger partial charge in [-0.25, -0.2) is 0 Å². The van der Waals surface area contributed by atoms with E-state index in [9.17, 15) is 4.79 Å². The van der Waals surface area contributed by atoms with Crippen molar-refractivity contribution >= 4 is 12.0 Å². The molecule has 1 aromatic rings. The molecule has 1 N–H and O–H groups in total. The Balaban J connectivity index is 1.63. The molecule has 4 aliphatic carbocycles. The first-order valence-corrected chi connectivity index (χ1v) is 12.5. The monoisotopic (exact) mass is 451 g/mol. The number of methoxy groups -OCH3 is 2. The number of fused-ring (bicyclic) bond motifs is 4. The quantitative estimate of drug-likeness (QED) is 0.278. The van der Waals surface area contributed by atoms with E-state index in [0.29, 0.717) is 42.5 Å². The van der Waals surface area contributed by atoms with E-state index in [-0.39, 0.29) is 11.0 Å². The summed E-state index contributed by atoms with van der Waals surface area (Å²) in [6.07, 6.45) is 9.43. The number of oxime groups is 1. The molecule has 4 aliphatic rings. The number of allylic oxidation sites excluding steroid dienone is 2. The normalized spacial score (nSPS) is 38.3. The summed E-state index contributed by atoms with van der Waals surface area (Å²) < 4.78 is 12.1. The predicted octanol–water partition coefficient (Wildman–Crippen LogP) is 5.51. The van der Waals surface area contributed by atoms with Crippen LogP contribution in [0, 0.1) is 23.2 Å². The van der Waals surface area contributed by atoms with Crippen LogP contribution < -0.4 is 0 Å². The third kappa shape index (κ3) is 3.50. The first kappa shape index (κ1) is 22.8. The molecule has 1 aromatic carbocycles. The summed E-state index contributed by atoms with van der Waals surface area (Å²) in [5.41, 5.74) is 5.23. The van der Waals surface area contributed by atoms with Gasteiger partial charge in [0, 0.05) is 38.4 Å². The molecule has 0 bridgehead atoms. The van der Waals surface area contributed by atoms with Crippen LogP contribution in [0.5, 0.6) is 0 Å². The zero-order chi connectivity index (χ0) is 23.2. The number of hydrogen-bond acceptors (Lipinski definition) is 5. The van der Waals surface area contributed by atoms with Crippen LogP contribution in [-0.4, -0.2) is 43.6 Å². The number of nitrogens with zero attached hydrogens (tertiary/aromatic N) is 1. The van der Waals surface area contributed by atoms with Gasteiger partial charge in [-0.2, -0.15) is 0 Å². The van der Waals surface area contributed by atoms with Crippen LogP contribution in [0.15, 0.2) is 40.6 Å². The second kappa shape index (κ2) is 8.66. The Morgan fingerprint density at radius 3 is 2.64 bits per heavy atom. The summed E-state index contributed by atoms with van der Waals surface area (Å²) in [7, 11) is 3.65. The zero-order valence-corrected chi connectivity index (χ0v) is 20.2. The standard InChI is InChI=1S/C28H37NO4/c1-27-15-24(19-6-4-18(5-7-19)16-29-31)26-22-11-9-21(30)14-20(22)8-10-23(26)25(27)12-13-28(27,33-3)17-32-2/h4-7,16,20,23-25,31H,8-15,17H2,1-3H3/b29-16+/t20?,23-,24+,25-,27-,28+/m0/s1. The summed E-state index contributed by atoms with van der Waals surface area (Å²) in [6.45, 7) is 3.08. The number of hydrogen-bond donors (Lipinski definition) is 1. The van der Waals surface area contributed by atoms with Crippen LogP contribution in [0.3, 0.4) is 0 Å². The van der Waals surface area contributed by atoms with Crippen molar-refractivity contribution in [2.24, 2.45) is 28.3 Å². The van der Waals surface area contributed by atoms with Gasteiger partial charge in [-0.05, 0) is 67.4 Å². The lowest BCUT2D eigenvalue weighted by Gasteiger charge is -2.56. The fourth-order valence-corrected chi connectivity index (χ4v) is 8.20. The SMILES string of the molecule is COC[C@]1(OC)CC[C@H]2[C@@H]3CCC4CC(=O)CCC4=C3[C@@H](c3ccc(/C=N/O)cc3)C[C@@]21C. The molecule has 5 rings (SSSR count). The van der Waals surface area contributed by atoms with E-state index < -0.39 is 0 Å². The molecule has 6 atom stereocenters. The molecule has 5 nitrogen and oxygen atoms in total. The second-order valence-electron chi connectivity index (χ2n) is 11.0. The molecule has 0 heterocycles. The van der Waals surface area contributed by atoms with Crippen LogP contribution >= 0.6 is 0 Å². The van der Waals surface area contributed by atoms with Crippen LogP contribution in [0.4, 0.5) is 0 Å². The number of ether oxygens (including phenoxy) is 2. The molecule has 3 fully saturated rings. The van der Waals surface area contributed by atoms with Gasteiger partial charge in [0.2, 0.25) is 0 Å². The number of rotatable bonds is 5. The van der Waals surface area contributed by atoms with E-state index in [4.69, 9.17) is 14.7 Å². The lowest BCUT2D eigenvalue weighted by molar-refractivity contribution is -0.150. The van der Waals surface area contributed by atoms with E-state index in [1.165, 1.54) is 24.6 Å². The minimum Gasteiger partial charge on any atom is -0.411 e. The van der Waals surface area contributed by atoms with Crippen molar-refractivity contribution in [3.8, 4) is 0 Å². The smallest absolute Gasteiger partial charge is 0.133 e. The van der Waals surface area contributed by atoms with Gasteiger partial charge < -0.3 is 14.7 Å². The van der Waals surface area contributed by atoms with Gasteiger partial charge in [0.05, 0.1) is 18.4 Å². The summed E-state index contributed by atoms with van der Waals surface area (Å²) in [5, 5.41) is 12.1. The Morgan fingerprint density at radius 1 is 1.15 bits per heavy atom. The molecule has 3 saturated carbocycles. The third-order valence-corrected chi connectivity index (χ3v) is 9.76.